The van der Waals surface area contributed by atoms with Gasteiger partial charge in [-0.15, -0.1) is 0 Å². The SMILES string of the molecule is CCCCNc1nc(N)ncc1OCC1CC1. The summed E-state index contributed by atoms with van der Waals surface area (Å²) >= 11 is 0. The van der Waals surface area contributed by atoms with Crippen LogP contribution in [0.1, 0.15) is 32.6 Å². The lowest BCUT2D eigenvalue weighted by Gasteiger charge is -2.11. The molecule has 0 spiro atoms. The van der Waals surface area contributed by atoms with Crippen molar-refractivity contribution >= 4 is 11.8 Å². The number of ether oxygens (including phenoxy) is 1. The van der Waals surface area contributed by atoms with Gasteiger partial charge in [0.25, 0.3) is 0 Å². The van der Waals surface area contributed by atoms with Gasteiger partial charge in [-0.3, -0.25) is 0 Å². The number of nitrogens with two attached hydrogens (primary N) is 1. The van der Waals surface area contributed by atoms with E-state index in [4.69, 9.17) is 10.5 Å². The monoisotopic (exact) mass is 236 g/mol. The molecule has 1 heterocycles. The fraction of sp³-hybridized carbons (Fsp3) is 0.667. The number of hydrogen-bond acceptors (Lipinski definition) is 5. The molecule has 1 aromatic rings. The van der Waals surface area contributed by atoms with Gasteiger partial charge >= 0.3 is 0 Å². The molecule has 94 valence electrons. The van der Waals surface area contributed by atoms with Crippen molar-refractivity contribution in [3.05, 3.63) is 6.20 Å². The normalized spacial score (nSPS) is 14.6. The predicted octanol–water partition coefficient (Wildman–Crippen LogP) is 2.06. The molecule has 1 aromatic heterocycles. The Hall–Kier alpha value is -1.52. The molecule has 1 aliphatic carbocycles. The van der Waals surface area contributed by atoms with Gasteiger partial charge in [0.15, 0.2) is 11.6 Å². The maximum atomic E-state index is 5.70. The molecule has 2 rings (SSSR count). The quantitative estimate of drug-likeness (QED) is 0.709. The summed E-state index contributed by atoms with van der Waals surface area (Å²) in [6.45, 7) is 3.79. The first-order valence-electron chi connectivity index (χ1n) is 6.28. The maximum Gasteiger partial charge on any atom is 0.222 e. The van der Waals surface area contributed by atoms with Crippen LogP contribution in [0.2, 0.25) is 0 Å². The maximum absolute atomic E-state index is 5.70. The topological polar surface area (TPSA) is 73.1 Å². The van der Waals surface area contributed by atoms with E-state index in [1.165, 1.54) is 12.8 Å². The Labute approximate surface area is 102 Å². The van der Waals surface area contributed by atoms with E-state index in [1.54, 1.807) is 6.20 Å². The number of nitrogen functional groups attached to an aromatic ring is 1. The Kier molecular flexibility index (Phi) is 4.01. The zero-order chi connectivity index (χ0) is 12.1. The van der Waals surface area contributed by atoms with Crippen molar-refractivity contribution in [3.8, 4) is 5.75 Å². The molecule has 1 aliphatic rings. The van der Waals surface area contributed by atoms with Crippen LogP contribution in [0.25, 0.3) is 0 Å². The highest BCUT2D eigenvalue weighted by molar-refractivity contribution is 5.51. The number of aromatic nitrogens is 2. The molecule has 0 unspecified atom stereocenters. The summed E-state index contributed by atoms with van der Waals surface area (Å²) in [5.41, 5.74) is 5.58. The molecule has 5 heteroatoms. The van der Waals surface area contributed by atoms with Gasteiger partial charge in [-0.2, -0.15) is 4.98 Å². The molecular weight excluding hydrogens is 216 g/mol. The second-order valence-corrected chi connectivity index (χ2v) is 4.48. The molecule has 0 atom stereocenters. The first-order valence-corrected chi connectivity index (χ1v) is 6.28. The highest BCUT2D eigenvalue weighted by atomic mass is 16.5. The van der Waals surface area contributed by atoms with Crippen LogP contribution in [0.15, 0.2) is 6.20 Å². The molecule has 0 aromatic carbocycles. The summed E-state index contributed by atoms with van der Waals surface area (Å²) in [6, 6.07) is 0. The Morgan fingerprint density at radius 2 is 2.35 bits per heavy atom. The van der Waals surface area contributed by atoms with E-state index in [0.29, 0.717) is 11.6 Å². The molecule has 0 radical (unpaired) electrons. The van der Waals surface area contributed by atoms with Gasteiger partial charge in [0.05, 0.1) is 12.8 Å². The van der Waals surface area contributed by atoms with Crippen molar-refractivity contribution in [2.75, 3.05) is 24.2 Å². The van der Waals surface area contributed by atoms with Crippen molar-refractivity contribution in [3.63, 3.8) is 0 Å². The summed E-state index contributed by atoms with van der Waals surface area (Å²) in [4.78, 5) is 8.14. The minimum Gasteiger partial charge on any atom is -0.488 e. The van der Waals surface area contributed by atoms with E-state index in [1.807, 2.05) is 0 Å². The number of unbranched alkanes of at least 4 members (excludes halogenated alkanes) is 1. The molecule has 1 saturated carbocycles. The van der Waals surface area contributed by atoms with E-state index < -0.39 is 0 Å². The van der Waals surface area contributed by atoms with Gasteiger partial charge in [0.1, 0.15) is 0 Å². The zero-order valence-electron chi connectivity index (χ0n) is 10.3. The third-order valence-electron chi connectivity index (χ3n) is 2.77. The fourth-order valence-corrected chi connectivity index (χ4v) is 1.49. The lowest BCUT2D eigenvalue weighted by molar-refractivity contribution is 0.299. The van der Waals surface area contributed by atoms with Gasteiger partial charge < -0.3 is 15.8 Å². The average Bonchev–Trinajstić information content (AvgIpc) is 3.12. The second-order valence-electron chi connectivity index (χ2n) is 4.48. The molecular formula is C12H20N4O. The predicted molar refractivity (Wildman–Crippen MR) is 68.1 cm³/mol. The largest absolute Gasteiger partial charge is 0.488 e. The average molecular weight is 236 g/mol. The number of anilines is 2. The van der Waals surface area contributed by atoms with Crippen LogP contribution in [0.4, 0.5) is 11.8 Å². The van der Waals surface area contributed by atoms with Crippen molar-refractivity contribution in [1.29, 1.82) is 0 Å². The number of rotatable bonds is 7. The van der Waals surface area contributed by atoms with Crippen molar-refractivity contribution in [1.82, 2.24) is 9.97 Å². The van der Waals surface area contributed by atoms with Crippen LogP contribution in [-0.2, 0) is 0 Å². The van der Waals surface area contributed by atoms with Gasteiger partial charge in [0, 0.05) is 6.54 Å². The van der Waals surface area contributed by atoms with Gasteiger partial charge in [-0.25, -0.2) is 4.98 Å². The van der Waals surface area contributed by atoms with E-state index in [9.17, 15) is 0 Å². The number of hydrogen-bond donors (Lipinski definition) is 2. The number of nitrogens with zero attached hydrogens (tertiary/aromatic N) is 2. The summed E-state index contributed by atoms with van der Waals surface area (Å²) in [5, 5.41) is 3.24. The number of nitrogens with one attached hydrogen (secondary N) is 1. The van der Waals surface area contributed by atoms with Crippen LogP contribution in [-0.4, -0.2) is 23.1 Å². The standard InChI is InChI=1S/C12H20N4O/c1-2-3-6-14-11-10(7-15-12(13)16-11)17-8-9-4-5-9/h7,9H,2-6,8H2,1H3,(H3,13,14,15,16). The Morgan fingerprint density at radius 3 is 3.06 bits per heavy atom. The highest BCUT2D eigenvalue weighted by Crippen LogP contribution is 2.31. The summed E-state index contributed by atoms with van der Waals surface area (Å²) in [6.07, 6.45) is 6.44. The van der Waals surface area contributed by atoms with Crippen molar-refractivity contribution in [2.24, 2.45) is 5.92 Å². The Morgan fingerprint density at radius 1 is 1.53 bits per heavy atom. The fourth-order valence-electron chi connectivity index (χ4n) is 1.49. The molecule has 17 heavy (non-hydrogen) atoms. The highest BCUT2D eigenvalue weighted by Gasteiger charge is 2.22. The smallest absolute Gasteiger partial charge is 0.222 e. The van der Waals surface area contributed by atoms with Crippen molar-refractivity contribution in [2.45, 2.75) is 32.6 Å². The molecule has 0 bridgehead atoms. The molecule has 0 aliphatic heterocycles. The third-order valence-corrected chi connectivity index (χ3v) is 2.77. The summed E-state index contributed by atoms with van der Waals surface area (Å²) in [7, 11) is 0. The zero-order valence-corrected chi connectivity index (χ0v) is 10.3. The Bertz CT molecular complexity index is 366. The molecule has 0 saturated heterocycles. The molecule has 5 nitrogen and oxygen atoms in total. The van der Waals surface area contributed by atoms with Gasteiger partial charge in [-0.1, -0.05) is 13.3 Å². The summed E-state index contributed by atoms with van der Waals surface area (Å²) < 4.78 is 5.70. The van der Waals surface area contributed by atoms with E-state index >= 15 is 0 Å². The second kappa shape index (κ2) is 5.70. The van der Waals surface area contributed by atoms with Crippen LogP contribution in [0.3, 0.4) is 0 Å². The Balaban J connectivity index is 1.95. The van der Waals surface area contributed by atoms with Gasteiger partial charge in [0.2, 0.25) is 5.95 Å². The van der Waals surface area contributed by atoms with Crippen molar-refractivity contribution < 1.29 is 4.74 Å². The van der Waals surface area contributed by atoms with E-state index in [2.05, 4.69) is 22.2 Å². The minimum atomic E-state index is 0.280. The van der Waals surface area contributed by atoms with Crippen LogP contribution in [0, 0.1) is 5.92 Å². The summed E-state index contributed by atoms with van der Waals surface area (Å²) in [5.74, 6) is 2.42. The van der Waals surface area contributed by atoms with E-state index in [0.717, 1.165) is 31.9 Å². The molecule has 3 N–H and O–H groups in total. The molecule has 1 fully saturated rings. The van der Waals surface area contributed by atoms with Crippen LogP contribution >= 0.6 is 0 Å². The van der Waals surface area contributed by atoms with Gasteiger partial charge in [-0.05, 0) is 25.2 Å². The first-order chi connectivity index (χ1) is 8.29. The molecule has 0 amide bonds. The van der Waals surface area contributed by atoms with Crippen LogP contribution < -0.4 is 15.8 Å². The third kappa shape index (κ3) is 3.76. The van der Waals surface area contributed by atoms with Crippen LogP contribution in [0.5, 0.6) is 5.75 Å². The van der Waals surface area contributed by atoms with E-state index in [-0.39, 0.29) is 5.95 Å². The lowest BCUT2D eigenvalue weighted by Crippen LogP contribution is -2.09. The minimum absolute atomic E-state index is 0.280. The first kappa shape index (κ1) is 12.0. The lowest BCUT2D eigenvalue weighted by atomic mass is 10.3.